The van der Waals surface area contributed by atoms with Gasteiger partial charge in [0.05, 0.1) is 18.3 Å². The Morgan fingerprint density at radius 1 is 1.52 bits per heavy atom. The molecule has 23 heavy (non-hydrogen) atoms. The van der Waals surface area contributed by atoms with Crippen LogP contribution in [-0.4, -0.2) is 37.1 Å². The van der Waals surface area contributed by atoms with E-state index in [4.69, 9.17) is 9.47 Å². The molecule has 1 aromatic carbocycles. The summed E-state index contributed by atoms with van der Waals surface area (Å²) in [5.41, 5.74) is 0.980. The van der Waals surface area contributed by atoms with Crippen molar-refractivity contribution in [1.29, 1.82) is 0 Å². The summed E-state index contributed by atoms with van der Waals surface area (Å²) in [6, 6.07) is 2.85. The Morgan fingerprint density at radius 2 is 2.26 bits per heavy atom. The van der Waals surface area contributed by atoms with Crippen LogP contribution < -0.4 is 20.3 Å². The summed E-state index contributed by atoms with van der Waals surface area (Å²) < 4.78 is 24.6. The molecule has 3 rings (SSSR count). The van der Waals surface area contributed by atoms with Gasteiger partial charge in [0.2, 0.25) is 0 Å². The van der Waals surface area contributed by atoms with Crippen molar-refractivity contribution in [3.8, 4) is 5.75 Å². The summed E-state index contributed by atoms with van der Waals surface area (Å²) in [6.45, 7) is 8.37. The zero-order valence-electron chi connectivity index (χ0n) is 13.8. The van der Waals surface area contributed by atoms with Gasteiger partial charge in [-0.15, -0.1) is 0 Å². The van der Waals surface area contributed by atoms with E-state index in [0.717, 1.165) is 11.4 Å². The van der Waals surface area contributed by atoms with E-state index < -0.39 is 11.7 Å². The van der Waals surface area contributed by atoms with Crippen LogP contribution in [0, 0.1) is 5.82 Å². The number of alkyl carbamates (subject to hydrolysis) is 1. The number of halogens is 1. The minimum atomic E-state index is -0.550. The summed E-state index contributed by atoms with van der Waals surface area (Å²) >= 11 is 0. The van der Waals surface area contributed by atoms with Crippen molar-refractivity contribution in [3.63, 3.8) is 0 Å². The average Bonchev–Trinajstić information content (AvgIpc) is 2.81. The predicted octanol–water partition coefficient (Wildman–Crippen LogP) is 2.69. The summed E-state index contributed by atoms with van der Waals surface area (Å²) in [4.78, 5) is 14.0. The van der Waals surface area contributed by atoms with E-state index in [1.54, 1.807) is 6.07 Å². The highest BCUT2D eigenvalue weighted by Gasteiger charge is 2.39. The van der Waals surface area contributed by atoms with Gasteiger partial charge in [-0.25, -0.2) is 9.18 Å². The molecule has 2 N–H and O–H groups in total. The van der Waals surface area contributed by atoms with Gasteiger partial charge in [-0.05, 0) is 39.8 Å². The maximum absolute atomic E-state index is 13.9. The Kier molecular flexibility index (Phi) is 3.74. The van der Waals surface area contributed by atoms with Crippen molar-refractivity contribution in [2.45, 2.75) is 45.5 Å². The molecule has 0 spiro atoms. The van der Waals surface area contributed by atoms with Gasteiger partial charge in [-0.1, -0.05) is 0 Å². The van der Waals surface area contributed by atoms with E-state index in [1.165, 1.54) is 6.07 Å². The first-order valence-electron chi connectivity index (χ1n) is 7.74. The maximum atomic E-state index is 13.9. The third-order valence-electron chi connectivity index (χ3n) is 3.81. The number of anilines is 2. The highest BCUT2D eigenvalue weighted by atomic mass is 19.1. The molecule has 0 radical (unpaired) electrons. The van der Waals surface area contributed by atoms with Crippen LogP contribution in [0.15, 0.2) is 12.1 Å². The number of benzene rings is 1. The molecule has 0 saturated carbocycles. The Balaban J connectivity index is 1.75. The highest BCUT2D eigenvalue weighted by Crippen LogP contribution is 2.46. The first-order chi connectivity index (χ1) is 10.8. The van der Waals surface area contributed by atoms with Crippen LogP contribution in [0.4, 0.5) is 20.6 Å². The molecular formula is C16H22FN3O3. The van der Waals surface area contributed by atoms with E-state index in [-0.39, 0.29) is 23.8 Å². The monoisotopic (exact) mass is 323 g/mol. The lowest BCUT2D eigenvalue weighted by atomic mass is 10.2. The largest absolute Gasteiger partial charge is 0.486 e. The molecular weight excluding hydrogens is 301 g/mol. The predicted molar refractivity (Wildman–Crippen MR) is 85.5 cm³/mol. The Morgan fingerprint density at radius 3 is 2.96 bits per heavy atom. The van der Waals surface area contributed by atoms with Gasteiger partial charge >= 0.3 is 6.09 Å². The molecule has 2 aliphatic rings. The van der Waals surface area contributed by atoms with Crippen LogP contribution in [0.2, 0.25) is 0 Å². The fourth-order valence-electron chi connectivity index (χ4n) is 2.93. The smallest absolute Gasteiger partial charge is 0.408 e. The lowest BCUT2D eigenvalue weighted by molar-refractivity contribution is 0.0503. The normalized spacial score (nSPS) is 20.2. The van der Waals surface area contributed by atoms with Crippen LogP contribution in [-0.2, 0) is 4.74 Å². The standard InChI is InChI=1S/C16H22FN3O3/c1-9(18-15(21)23-16(2,3)4)14-19-11-6-5-10(17)13-12(11)20(14)7-8-22-13/h5-6,9,14,19H,7-8H2,1-4H3,(H,18,21). The van der Waals surface area contributed by atoms with Gasteiger partial charge in [-0.2, -0.15) is 0 Å². The van der Waals surface area contributed by atoms with Crippen LogP contribution in [0.25, 0.3) is 0 Å². The Labute approximate surface area is 134 Å². The van der Waals surface area contributed by atoms with Crippen molar-refractivity contribution in [2.75, 3.05) is 23.4 Å². The molecule has 2 unspecified atom stereocenters. The summed E-state index contributed by atoms with van der Waals surface area (Å²) in [6.07, 6.45) is -0.649. The second-order valence-electron chi connectivity index (χ2n) is 6.84. The number of ether oxygens (including phenoxy) is 2. The Bertz CT molecular complexity index is 630. The summed E-state index contributed by atoms with van der Waals surface area (Å²) in [5, 5.41) is 6.16. The quantitative estimate of drug-likeness (QED) is 0.876. The summed E-state index contributed by atoms with van der Waals surface area (Å²) in [5.74, 6) is -0.100. The number of amides is 1. The molecule has 0 aromatic heterocycles. The number of hydrogen-bond acceptors (Lipinski definition) is 5. The Hall–Kier alpha value is -2.18. The minimum Gasteiger partial charge on any atom is -0.486 e. The van der Waals surface area contributed by atoms with Gasteiger partial charge in [-0.3, -0.25) is 0 Å². The summed E-state index contributed by atoms with van der Waals surface area (Å²) in [7, 11) is 0. The lowest BCUT2D eigenvalue weighted by Gasteiger charge is -2.34. The number of carbonyl (C=O) groups is 1. The van der Waals surface area contributed by atoms with E-state index >= 15 is 0 Å². The third-order valence-corrected chi connectivity index (χ3v) is 3.81. The van der Waals surface area contributed by atoms with E-state index in [0.29, 0.717) is 13.2 Å². The number of nitrogens with zero attached hydrogens (tertiary/aromatic N) is 1. The van der Waals surface area contributed by atoms with Gasteiger partial charge in [0.1, 0.15) is 24.1 Å². The maximum Gasteiger partial charge on any atom is 0.408 e. The van der Waals surface area contributed by atoms with E-state index in [2.05, 4.69) is 10.6 Å². The molecule has 0 bridgehead atoms. The molecule has 0 aliphatic carbocycles. The first kappa shape index (κ1) is 15.7. The molecule has 0 fully saturated rings. The van der Waals surface area contributed by atoms with Gasteiger partial charge < -0.3 is 25.0 Å². The highest BCUT2D eigenvalue weighted by molar-refractivity contribution is 5.83. The molecule has 2 heterocycles. The SMILES string of the molecule is CC(NC(=O)OC(C)(C)C)C1Nc2ccc(F)c3c2N1CCO3. The number of rotatable bonds is 2. The van der Waals surface area contributed by atoms with Crippen molar-refractivity contribution in [3.05, 3.63) is 17.9 Å². The number of carbonyl (C=O) groups excluding carboxylic acids is 1. The molecule has 0 saturated heterocycles. The van der Waals surface area contributed by atoms with Crippen molar-refractivity contribution in [1.82, 2.24) is 5.32 Å². The molecule has 1 aromatic rings. The fourth-order valence-corrected chi connectivity index (χ4v) is 2.93. The van der Waals surface area contributed by atoms with Crippen LogP contribution in [0.5, 0.6) is 5.75 Å². The third kappa shape index (κ3) is 3.00. The molecule has 126 valence electrons. The molecule has 1 amide bonds. The van der Waals surface area contributed by atoms with Crippen LogP contribution >= 0.6 is 0 Å². The zero-order chi connectivity index (χ0) is 16.8. The molecule has 2 aliphatic heterocycles. The van der Waals surface area contributed by atoms with Crippen molar-refractivity contribution in [2.24, 2.45) is 0 Å². The van der Waals surface area contributed by atoms with Crippen molar-refractivity contribution >= 4 is 17.5 Å². The number of nitrogens with one attached hydrogen (secondary N) is 2. The molecule has 7 heteroatoms. The van der Waals surface area contributed by atoms with Gasteiger partial charge in [0.15, 0.2) is 11.6 Å². The van der Waals surface area contributed by atoms with E-state index in [9.17, 15) is 9.18 Å². The lowest BCUT2D eigenvalue weighted by Crippen LogP contribution is -2.54. The topological polar surface area (TPSA) is 62.8 Å². The average molecular weight is 323 g/mol. The minimum absolute atomic E-state index is 0.179. The zero-order valence-corrected chi connectivity index (χ0v) is 13.8. The molecule has 6 nitrogen and oxygen atoms in total. The second kappa shape index (κ2) is 5.47. The second-order valence-corrected chi connectivity index (χ2v) is 6.84. The van der Waals surface area contributed by atoms with E-state index in [1.807, 2.05) is 32.6 Å². The van der Waals surface area contributed by atoms with Crippen molar-refractivity contribution < 1.29 is 18.7 Å². The fraction of sp³-hybridized carbons (Fsp3) is 0.562. The number of hydrogen-bond donors (Lipinski definition) is 2. The van der Waals surface area contributed by atoms with Gasteiger partial charge in [0.25, 0.3) is 0 Å². The van der Waals surface area contributed by atoms with Gasteiger partial charge in [0, 0.05) is 0 Å². The van der Waals surface area contributed by atoms with Crippen LogP contribution in [0.3, 0.4) is 0 Å². The van der Waals surface area contributed by atoms with Crippen LogP contribution in [0.1, 0.15) is 27.7 Å². The first-order valence-corrected chi connectivity index (χ1v) is 7.74. The molecule has 2 atom stereocenters.